The fourth-order valence-corrected chi connectivity index (χ4v) is 3.66. The van der Waals surface area contributed by atoms with E-state index in [2.05, 4.69) is 40.4 Å². The molecule has 1 aromatic heterocycles. The molecule has 0 atom stereocenters. The Morgan fingerprint density at radius 1 is 1.41 bits per heavy atom. The quantitative estimate of drug-likeness (QED) is 0.625. The molecule has 27 heavy (non-hydrogen) atoms. The van der Waals surface area contributed by atoms with Crippen LogP contribution in [0.1, 0.15) is 49.4 Å². The Labute approximate surface area is 161 Å². The number of nitrogens with zero attached hydrogens (tertiary/aromatic N) is 4. The number of rotatable bonds is 6. The number of halogens is 1. The van der Waals surface area contributed by atoms with Gasteiger partial charge in [-0.05, 0) is 36.5 Å². The summed E-state index contributed by atoms with van der Waals surface area (Å²) in [6, 6.07) is 6.97. The summed E-state index contributed by atoms with van der Waals surface area (Å²) in [5.74, 6) is 1.06. The highest BCUT2D eigenvalue weighted by molar-refractivity contribution is 5.79. The SMILES string of the molecule is CN=C(NCC1(c2cccc(F)c2)CC1)N(C)Cc1cn(C)nc1C(C)C. The highest BCUT2D eigenvalue weighted by Crippen LogP contribution is 2.47. The Hall–Kier alpha value is -2.37. The third-order valence-corrected chi connectivity index (χ3v) is 5.34. The van der Waals surface area contributed by atoms with E-state index in [9.17, 15) is 4.39 Å². The summed E-state index contributed by atoms with van der Waals surface area (Å²) in [6.45, 7) is 5.83. The second kappa shape index (κ2) is 7.71. The molecule has 1 N–H and O–H groups in total. The molecule has 1 aromatic carbocycles. The van der Waals surface area contributed by atoms with Gasteiger partial charge in [-0.25, -0.2) is 4.39 Å². The Morgan fingerprint density at radius 3 is 2.74 bits per heavy atom. The average molecular weight is 372 g/mol. The topological polar surface area (TPSA) is 45.5 Å². The minimum absolute atomic E-state index is 0.0241. The van der Waals surface area contributed by atoms with Crippen molar-refractivity contribution < 1.29 is 4.39 Å². The third kappa shape index (κ3) is 4.31. The van der Waals surface area contributed by atoms with Crippen LogP contribution in [-0.4, -0.2) is 41.3 Å². The number of aromatic nitrogens is 2. The van der Waals surface area contributed by atoms with Crippen molar-refractivity contribution in [3.63, 3.8) is 0 Å². The lowest BCUT2D eigenvalue weighted by molar-refractivity contribution is 0.467. The lowest BCUT2D eigenvalue weighted by atomic mass is 9.96. The fourth-order valence-electron chi connectivity index (χ4n) is 3.66. The van der Waals surface area contributed by atoms with Crippen LogP contribution in [0.5, 0.6) is 0 Å². The van der Waals surface area contributed by atoms with Crippen LogP contribution in [-0.2, 0) is 19.0 Å². The Balaban J connectivity index is 1.66. The molecule has 1 fully saturated rings. The van der Waals surface area contributed by atoms with Gasteiger partial charge in [-0.15, -0.1) is 0 Å². The van der Waals surface area contributed by atoms with Crippen molar-refractivity contribution in [2.45, 2.75) is 44.6 Å². The van der Waals surface area contributed by atoms with E-state index < -0.39 is 0 Å². The molecule has 1 aliphatic rings. The van der Waals surface area contributed by atoms with Crippen LogP contribution in [0.4, 0.5) is 4.39 Å². The molecule has 3 rings (SSSR count). The minimum Gasteiger partial charge on any atom is -0.355 e. The van der Waals surface area contributed by atoms with Gasteiger partial charge in [-0.2, -0.15) is 5.10 Å². The van der Waals surface area contributed by atoms with E-state index in [1.807, 2.05) is 24.8 Å². The van der Waals surface area contributed by atoms with Gasteiger partial charge in [0.25, 0.3) is 0 Å². The van der Waals surface area contributed by atoms with E-state index in [1.165, 1.54) is 11.6 Å². The standard InChI is InChI=1S/C21H30FN5/c1-15(2)19-16(13-27(5)25-19)12-26(4)20(23-3)24-14-21(9-10-21)17-7-6-8-18(22)11-17/h6-8,11,13,15H,9-10,12,14H2,1-5H3,(H,23,24). The van der Waals surface area contributed by atoms with Gasteiger partial charge in [0, 0.05) is 51.4 Å². The van der Waals surface area contributed by atoms with Crippen LogP contribution in [0.3, 0.4) is 0 Å². The largest absolute Gasteiger partial charge is 0.355 e. The highest BCUT2D eigenvalue weighted by atomic mass is 19.1. The molecule has 0 unspecified atom stereocenters. The molecule has 1 aliphatic carbocycles. The number of aliphatic imine (C=N–C) groups is 1. The zero-order chi connectivity index (χ0) is 19.6. The van der Waals surface area contributed by atoms with Crippen LogP contribution >= 0.6 is 0 Å². The van der Waals surface area contributed by atoms with Crippen LogP contribution in [0.25, 0.3) is 0 Å². The first-order valence-electron chi connectivity index (χ1n) is 9.55. The molecule has 0 saturated heterocycles. The molecule has 0 spiro atoms. The average Bonchev–Trinajstić information content (AvgIpc) is 3.32. The Bertz CT molecular complexity index is 820. The molecule has 0 bridgehead atoms. The number of guanidine groups is 1. The normalized spacial score (nSPS) is 15.9. The predicted molar refractivity (Wildman–Crippen MR) is 107 cm³/mol. The molecular formula is C21H30FN5. The van der Waals surface area contributed by atoms with Crippen molar-refractivity contribution in [2.75, 3.05) is 20.6 Å². The smallest absolute Gasteiger partial charge is 0.193 e. The first kappa shape index (κ1) is 19.4. The van der Waals surface area contributed by atoms with Crippen molar-refractivity contribution in [3.05, 3.63) is 53.1 Å². The monoisotopic (exact) mass is 371 g/mol. The highest BCUT2D eigenvalue weighted by Gasteiger charge is 2.44. The van der Waals surface area contributed by atoms with Crippen LogP contribution in [0, 0.1) is 5.82 Å². The second-order valence-electron chi connectivity index (χ2n) is 7.92. The lowest BCUT2D eigenvalue weighted by Crippen LogP contribution is -2.42. The zero-order valence-corrected chi connectivity index (χ0v) is 17.0. The van der Waals surface area contributed by atoms with Crippen LogP contribution in [0.15, 0.2) is 35.5 Å². The van der Waals surface area contributed by atoms with Gasteiger partial charge in [-0.1, -0.05) is 26.0 Å². The number of hydrogen-bond donors (Lipinski definition) is 1. The molecule has 0 radical (unpaired) electrons. The summed E-state index contributed by atoms with van der Waals surface area (Å²) in [7, 11) is 5.79. The maximum absolute atomic E-state index is 13.6. The summed E-state index contributed by atoms with van der Waals surface area (Å²) < 4.78 is 15.5. The van der Waals surface area contributed by atoms with E-state index in [-0.39, 0.29) is 11.2 Å². The van der Waals surface area contributed by atoms with Gasteiger partial charge >= 0.3 is 0 Å². The summed E-state index contributed by atoms with van der Waals surface area (Å²) in [4.78, 5) is 6.55. The van der Waals surface area contributed by atoms with Crippen molar-refractivity contribution >= 4 is 5.96 Å². The molecule has 6 heteroatoms. The first-order chi connectivity index (χ1) is 12.8. The van der Waals surface area contributed by atoms with Gasteiger partial charge in [0.15, 0.2) is 5.96 Å². The van der Waals surface area contributed by atoms with Crippen molar-refractivity contribution in [2.24, 2.45) is 12.0 Å². The third-order valence-electron chi connectivity index (χ3n) is 5.34. The van der Waals surface area contributed by atoms with Gasteiger partial charge in [0.05, 0.1) is 5.69 Å². The first-order valence-corrected chi connectivity index (χ1v) is 9.55. The number of hydrogen-bond acceptors (Lipinski definition) is 2. The van der Waals surface area contributed by atoms with E-state index in [0.29, 0.717) is 5.92 Å². The molecule has 0 aliphatic heterocycles. The van der Waals surface area contributed by atoms with E-state index in [1.54, 1.807) is 19.2 Å². The fraction of sp³-hybridized carbons (Fsp3) is 0.524. The molecule has 0 amide bonds. The zero-order valence-electron chi connectivity index (χ0n) is 17.0. The molecule has 1 saturated carbocycles. The summed E-state index contributed by atoms with van der Waals surface area (Å²) in [5.41, 5.74) is 3.43. The Kier molecular flexibility index (Phi) is 5.53. The van der Waals surface area contributed by atoms with Crippen molar-refractivity contribution in [3.8, 4) is 0 Å². The molecular weight excluding hydrogens is 341 g/mol. The van der Waals surface area contributed by atoms with E-state index in [4.69, 9.17) is 0 Å². The van der Waals surface area contributed by atoms with Crippen LogP contribution < -0.4 is 5.32 Å². The van der Waals surface area contributed by atoms with E-state index in [0.717, 1.165) is 43.1 Å². The summed E-state index contributed by atoms with van der Waals surface area (Å²) in [6.07, 6.45) is 4.22. The van der Waals surface area contributed by atoms with Gasteiger partial charge in [0.1, 0.15) is 5.82 Å². The number of benzene rings is 1. The second-order valence-corrected chi connectivity index (χ2v) is 7.92. The maximum atomic E-state index is 13.6. The van der Waals surface area contributed by atoms with Crippen molar-refractivity contribution in [1.29, 1.82) is 0 Å². The maximum Gasteiger partial charge on any atom is 0.193 e. The van der Waals surface area contributed by atoms with Crippen molar-refractivity contribution in [1.82, 2.24) is 20.0 Å². The van der Waals surface area contributed by atoms with Gasteiger partial charge in [0.2, 0.25) is 0 Å². The van der Waals surface area contributed by atoms with Gasteiger partial charge in [-0.3, -0.25) is 9.67 Å². The molecule has 1 heterocycles. The molecule has 146 valence electrons. The summed E-state index contributed by atoms with van der Waals surface area (Å²) in [5, 5.41) is 8.08. The number of nitrogens with one attached hydrogen (secondary N) is 1. The predicted octanol–water partition coefficient (Wildman–Crippen LogP) is 3.42. The van der Waals surface area contributed by atoms with E-state index >= 15 is 0 Å². The number of aryl methyl sites for hydroxylation is 1. The Morgan fingerprint density at radius 2 is 2.15 bits per heavy atom. The molecule has 2 aromatic rings. The summed E-state index contributed by atoms with van der Waals surface area (Å²) >= 11 is 0. The lowest BCUT2D eigenvalue weighted by Gasteiger charge is -2.25. The minimum atomic E-state index is -0.168. The van der Waals surface area contributed by atoms with Crippen LogP contribution in [0.2, 0.25) is 0 Å². The molecule has 5 nitrogen and oxygen atoms in total. The van der Waals surface area contributed by atoms with Gasteiger partial charge < -0.3 is 10.2 Å².